The lowest BCUT2D eigenvalue weighted by Crippen LogP contribution is -2.22. The molecule has 0 spiro atoms. The van der Waals surface area contributed by atoms with E-state index in [4.69, 9.17) is 24.4 Å². The van der Waals surface area contributed by atoms with Gasteiger partial charge >= 0.3 is 28.4 Å². The number of aromatic amines is 10. The molecule has 20 heterocycles. The molecule has 708 valence electrons. The molecule has 47 heteroatoms. The average molecular weight is 1920 g/mol. The highest BCUT2D eigenvalue weighted by atomic mass is 32.1. The van der Waals surface area contributed by atoms with E-state index in [1.165, 1.54) is 12.8 Å². The summed E-state index contributed by atoms with van der Waals surface area (Å²) in [4.78, 5) is 126. The molecule has 20 aromatic heterocycles. The predicted molar refractivity (Wildman–Crippen MR) is 538 cm³/mol. The van der Waals surface area contributed by atoms with E-state index in [1.54, 1.807) is 101 Å². The van der Waals surface area contributed by atoms with Crippen molar-refractivity contribution in [2.24, 2.45) is 0 Å². The normalized spacial score (nSPS) is 14.7. The molecule has 140 heavy (non-hydrogen) atoms. The molecule has 0 aliphatic heterocycles. The summed E-state index contributed by atoms with van der Waals surface area (Å²) < 4.78 is 16.2. The minimum absolute atomic E-state index is 0.283. The second-order valence-electron chi connectivity index (χ2n) is 34.6. The van der Waals surface area contributed by atoms with Crippen molar-refractivity contribution in [3.05, 3.63) is 278 Å². The smallest absolute Gasteiger partial charge is 0.323 e. The number of anilines is 13. The molecule has 0 unspecified atom stereocenters. The van der Waals surface area contributed by atoms with Crippen molar-refractivity contribution in [1.29, 1.82) is 0 Å². The summed E-state index contributed by atoms with van der Waals surface area (Å²) in [5, 5.41) is 62.1. The zero-order chi connectivity index (χ0) is 96.1. The number of pyridine rings is 1. The number of fused-ring (bicyclic) bond motifs is 5. The van der Waals surface area contributed by atoms with Gasteiger partial charge in [-0.25, -0.2) is 58.9 Å². The molecule has 19 N–H and O–H groups in total. The van der Waals surface area contributed by atoms with Gasteiger partial charge in [0.05, 0.1) is 108 Å². The van der Waals surface area contributed by atoms with Crippen LogP contribution in [0, 0.1) is 13.8 Å². The second kappa shape index (κ2) is 37.3. The molecule has 25 rings (SSSR count). The van der Waals surface area contributed by atoms with E-state index in [9.17, 15) is 24.0 Å². The fourth-order valence-electron chi connectivity index (χ4n) is 14.9. The first-order valence-electron chi connectivity index (χ1n) is 45.0. The van der Waals surface area contributed by atoms with Gasteiger partial charge in [-0.05, 0) is 139 Å². The fraction of sp³-hybridized carbons (Fsp3) is 0.215. The van der Waals surface area contributed by atoms with Crippen molar-refractivity contribution in [2.45, 2.75) is 128 Å². The molecule has 5 fully saturated rings. The van der Waals surface area contributed by atoms with Crippen LogP contribution in [0.3, 0.4) is 0 Å². The van der Waals surface area contributed by atoms with Crippen molar-refractivity contribution in [3.8, 4) is 5.82 Å². The van der Waals surface area contributed by atoms with Crippen LogP contribution in [0.2, 0.25) is 0 Å². The lowest BCUT2D eigenvalue weighted by Gasteiger charge is -2.11. The van der Waals surface area contributed by atoms with Gasteiger partial charge in [0, 0.05) is 123 Å². The van der Waals surface area contributed by atoms with Gasteiger partial charge in [0.2, 0.25) is 0 Å². The summed E-state index contributed by atoms with van der Waals surface area (Å²) in [5.41, 5.74) is 8.41. The summed E-state index contributed by atoms with van der Waals surface area (Å²) in [6.07, 6.45) is 39.9. The Morgan fingerprint density at radius 3 is 1.06 bits per heavy atom. The van der Waals surface area contributed by atoms with Gasteiger partial charge in [0.1, 0.15) is 64.4 Å². The van der Waals surface area contributed by atoms with Crippen LogP contribution < -0.4 is 130 Å². The van der Waals surface area contributed by atoms with E-state index in [0.717, 1.165) is 146 Å². The molecule has 0 bridgehead atoms. The number of hydrogen-bond acceptors (Lipinski definition) is 31. The third-order valence-corrected chi connectivity index (χ3v) is 24.3. The molecule has 45 nitrogen and oxygen atoms in total. The van der Waals surface area contributed by atoms with Gasteiger partial charge in [-0.15, -0.1) is 22.7 Å². The van der Waals surface area contributed by atoms with Gasteiger partial charge in [0.25, 0.3) is 6.01 Å². The molecule has 0 saturated heterocycles. The van der Waals surface area contributed by atoms with Crippen LogP contribution in [0.5, 0.6) is 0 Å². The SMILES string of the molecule is C=c1[nH]c(=O)[nH]/c1=C\c1cnn2c(NC3CC3)cc(-n3cccc3)nc12.C=c1[nH]c(=O)[nH]/c1=C\c1cnn2c(NC3CC3)cc(Nc3cccnc3)nc12.C=c1[nH]c(=O)[nH]/c1=C\c1cnn2c(NC3CC3)cc(Nc3nc(C(C)C)cs3)nc12.C=c1[nH]c(=O)[nH]/c1=C\c1cnn2c(NC3CC3)cc(Nc3nc(C)co3)nc12.C=c1[nH]c(=O)[nH]/c1=C\c1cnn2c(NC3CC3)cc(Nc3ncc(C)s3)nc12. The largest absolute Gasteiger partial charge is 0.432 e. The summed E-state index contributed by atoms with van der Waals surface area (Å²) >= 11 is 3.13. The van der Waals surface area contributed by atoms with Crippen LogP contribution in [0.25, 0.3) is 97.3 Å². The minimum atomic E-state index is -0.307. The Labute approximate surface area is 795 Å². The zero-order valence-corrected chi connectivity index (χ0v) is 77.4. The number of H-pyrrole nitrogens is 10. The van der Waals surface area contributed by atoms with Gasteiger partial charge < -0.3 is 101 Å². The Morgan fingerprint density at radius 1 is 0.407 bits per heavy atom. The van der Waals surface area contributed by atoms with Crippen molar-refractivity contribution < 1.29 is 4.42 Å². The maximum absolute atomic E-state index is 11.6. The van der Waals surface area contributed by atoms with Gasteiger partial charge in [-0.1, -0.05) is 46.7 Å². The van der Waals surface area contributed by atoms with Crippen LogP contribution in [-0.2, 0) is 0 Å². The molecule has 0 amide bonds. The number of imidazole rings is 5. The molecule has 5 saturated carbocycles. The third kappa shape index (κ3) is 20.5. The standard InChI is InChI=1S/C20H22N8OS.C19H18N8O.C18H18N8O2.C18H18N8OS.C18H17N7O/c1-10(2)15-9-30-20(25-15)27-16-7-17(23-13-4-5-13)28-18(26-16)12(8-21-28)6-14-11(3)22-19(29)24-14;1-11-15(25-19(28)22-11)7-12-9-21-27-17(24-13-4-5-13)8-16(26-18(12)27)23-14-3-2-6-20-10-14;1-9-8-28-18(20-9)25-14-6-15(22-12-3-4-12)26-16(24-14)11(7-19-26)5-13-10(2)21-17(27)23-13;1-9-7-19-18(28-9)25-14-6-15(22-12-3-4-12)26-16(24-14)11(8-20-26)5-13-10(2)21-17(27)23-13;1-11-14(22-18(26)20-11)8-12-10-19-25-16(21-13-4-5-13)9-15(23-17(12)25)24-6-2-3-7-24/h6-10,13,23H,3-5H2,1-2H3,(H2,22,24,29)(H,25,26,27);2-3,6-10,13,24H,1,4-5H2,(H,23,26)(H2,22,25,28);5-8,12,22H,2-4H2,1H3,(H,20,24,25)(H2,21,23,27);5-8,12,22H,2-4H2,1H3,(H,19,24,25)(H2,21,23,27);2-3,6-10,13,21H,1,4-5H2,(H2,20,22,26)/b14-6-;15-7-;2*13-5-;14-8-. The number of thiazole rings is 2. The number of hydrogen-bond donors (Lipinski definition) is 19. The van der Waals surface area contributed by atoms with Gasteiger partial charge in [-0.3, -0.25) is 10.3 Å². The van der Waals surface area contributed by atoms with Crippen LogP contribution in [0.4, 0.5) is 74.3 Å². The predicted octanol–water partition coefficient (Wildman–Crippen LogP) is 4.60. The molecule has 0 radical (unpaired) electrons. The van der Waals surface area contributed by atoms with E-state index < -0.39 is 0 Å². The first-order chi connectivity index (χ1) is 67.9. The van der Waals surface area contributed by atoms with Crippen LogP contribution in [0.15, 0.2) is 157 Å². The monoisotopic (exact) mass is 1920 g/mol. The fourth-order valence-corrected chi connectivity index (χ4v) is 16.4. The highest BCUT2D eigenvalue weighted by molar-refractivity contribution is 7.15. The van der Waals surface area contributed by atoms with E-state index >= 15 is 0 Å². The molecule has 5 aliphatic rings. The van der Waals surface area contributed by atoms with Crippen LogP contribution >= 0.6 is 22.7 Å². The number of aryl methyl sites for hydroxylation is 2. The number of nitrogens with zero attached hydrogens (tertiary/aromatic N) is 20. The summed E-state index contributed by atoms with van der Waals surface area (Å²) in [5.74, 6) is 8.09. The van der Waals surface area contributed by atoms with E-state index in [0.29, 0.717) is 147 Å². The topological polar surface area (TPSA) is 572 Å². The summed E-state index contributed by atoms with van der Waals surface area (Å²) in [6, 6.07) is 20.1. The third-order valence-electron chi connectivity index (χ3n) is 22.7. The molecule has 0 atom stereocenters. The first-order valence-corrected chi connectivity index (χ1v) is 46.7. The molecular weight excluding hydrogens is 1820 g/mol. The molecule has 0 aromatic carbocycles. The number of nitrogens with one attached hydrogen (secondary N) is 19. The Bertz CT molecular complexity index is 8840. The Kier molecular flexibility index (Phi) is 23.6. The van der Waals surface area contributed by atoms with E-state index in [1.807, 2.05) is 116 Å². The van der Waals surface area contributed by atoms with Crippen molar-refractivity contribution in [1.82, 2.24) is 147 Å². The quantitative estimate of drug-likeness (QED) is 0.0372. The summed E-state index contributed by atoms with van der Waals surface area (Å²) in [6.45, 7) is 27.3. The highest BCUT2D eigenvalue weighted by Gasteiger charge is 2.29. The number of aromatic nitrogens is 30. The van der Waals surface area contributed by atoms with Crippen molar-refractivity contribution in [3.63, 3.8) is 0 Å². The van der Waals surface area contributed by atoms with Crippen molar-refractivity contribution in [2.75, 3.05) is 47.9 Å². The summed E-state index contributed by atoms with van der Waals surface area (Å²) in [7, 11) is 0. The molecular formula is C93H93N39O6S2. The van der Waals surface area contributed by atoms with E-state index in [-0.39, 0.29) is 28.4 Å². The lowest BCUT2D eigenvalue weighted by molar-refractivity contribution is 0.576. The number of oxazole rings is 1. The van der Waals surface area contributed by atoms with Crippen LogP contribution in [0.1, 0.15) is 128 Å². The number of rotatable bonds is 25. The van der Waals surface area contributed by atoms with E-state index in [2.05, 4.69) is 200 Å². The zero-order valence-electron chi connectivity index (χ0n) is 75.8. The lowest BCUT2D eigenvalue weighted by atomic mass is 10.2. The maximum Gasteiger partial charge on any atom is 0.323 e. The van der Waals surface area contributed by atoms with Crippen LogP contribution in [-0.4, -0.2) is 178 Å². The van der Waals surface area contributed by atoms with Crippen molar-refractivity contribution >= 4 is 189 Å². The molecule has 20 aromatic rings. The Morgan fingerprint density at radius 2 is 0.757 bits per heavy atom. The molecule has 5 aliphatic carbocycles. The average Bonchev–Trinajstić information content (AvgIpc) is 1.64. The Balaban J connectivity index is 0.000000104. The maximum atomic E-state index is 11.6. The highest BCUT2D eigenvalue weighted by Crippen LogP contribution is 2.35. The first kappa shape index (κ1) is 88.5. The second-order valence-corrected chi connectivity index (χ2v) is 36.7. The Hall–Kier alpha value is -18.0. The van der Waals surface area contributed by atoms with Gasteiger partial charge in [-0.2, -0.15) is 53.1 Å². The minimum Gasteiger partial charge on any atom is -0.432 e. The van der Waals surface area contributed by atoms with Gasteiger partial charge in [0.15, 0.2) is 38.5 Å².